The lowest BCUT2D eigenvalue weighted by atomic mass is 9.84. The number of aromatic nitrogens is 3. The average Bonchev–Trinajstić information content (AvgIpc) is 3.84. The normalized spacial score (nSPS) is 16.7. The summed E-state index contributed by atoms with van der Waals surface area (Å²) in [6.07, 6.45) is 4.50. The predicted molar refractivity (Wildman–Crippen MR) is 218 cm³/mol. The molecule has 2 aliphatic rings. The first-order valence-corrected chi connectivity index (χ1v) is 20.3. The van der Waals surface area contributed by atoms with Gasteiger partial charge in [0.05, 0.1) is 47.2 Å². The van der Waals surface area contributed by atoms with Gasteiger partial charge in [0, 0.05) is 86.3 Å². The molecular formula is C42H58N6O6S. The molecule has 1 saturated carbocycles. The van der Waals surface area contributed by atoms with E-state index >= 15 is 0 Å². The Morgan fingerprint density at radius 3 is 2.42 bits per heavy atom. The second-order valence-electron chi connectivity index (χ2n) is 16.6. The topological polar surface area (TPSA) is 131 Å². The van der Waals surface area contributed by atoms with Crippen molar-refractivity contribution in [2.75, 3.05) is 51.9 Å². The fourth-order valence-corrected chi connectivity index (χ4v) is 8.33. The first-order chi connectivity index (χ1) is 26.1. The lowest BCUT2D eigenvalue weighted by Crippen LogP contribution is -2.47. The van der Waals surface area contributed by atoms with Crippen molar-refractivity contribution in [2.45, 2.75) is 104 Å². The molecule has 2 N–H and O–H groups in total. The largest absolute Gasteiger partial charge is 0.467 e. The standard InChI is InChI=1S/C42H58N6O6S/c1-10-48-35-14-11-27(34-24-55-36(44-34)21-33(39(50)53-9)45-40(51)54-41(3,4)5)19-30(35)32(22-42(6,7)25-49)38(48)31-20-29(23-43-37(31)26(2)52-8)47-17-15-46(16-18-47)28-12-13-28/h11,14,19-20,23-24,26,28,33,49H,10,12-13,15-18,21-22,25H2,1-9H3,(H,45,51)/t26-,33-/m0/s1. The fourth-order valence-electron chi connectivity index (χ4n) is 7.48. The lowest BCUT2D eigenvalue weighted by Gasteiger charge is -2.36. The highest BCUT2D eigenvalue weighted by Gasteiger charge is 2.33. The van der Waals surface area contributed by atoms with Crippen molar-refractivity contribution in [3.05, 3.63) is 52.1 Å². The zero-order valence-corrected chi connectivity index (χ0v) is 34.7. The van der Waals surface area contributed by atoms with Gasteiger partial charge in [-0.3, -0.25) is 9.88 Å². The Balaban J connectivity index is 1.41. The third-order valence-electron chi connectivity index (χ3n) is 10.6. The van der Waals surface area contributed by atoms with Crippen LogP contribution in [0.2, 0.25) is 0 Å². The molecule has 2 fully saturated rings. The van der Waals surface area contributed by atoms with Crippen molar-refractivity contribution < 1.29 is 28.9 Å². The van der Waals surface area contributed by atoms with Crippen LogP contribution in [-0.2, 0) is 38.4 Å². The molecule has 2 atom stereocenters. The molecule has 12 nitrogen and oxygen atoms in total. The van der Waals surface area contributed by atoms with E-state index < -0.39 is 29.1 Å². The molecule has 298 valence electrons. The van der Waals surface area contributed by atoms with Crippen LogP contribution in [-0.4, -0.2) is 101 Å². The van der Waals surface area contributed by atoms with E-state index in [1.807, 2.05) is 18.5 Å². The van der Waals surface area contributed by atoms with Crippen LogP contribution in [0.15, 0.2) is 35.8 Å². The molecule has 1 aliphatic heterocycles. The molecule has 0 bridgehead atoms. The monoisotopic (exact) mass is 774 g/mol. The SMILES string of the molecule is CCn1c(-c2cc(N3CCN(C4CC4)CC3)cnc2[C@H](C)OC)c(CC(C)(C)CO)c2cc(-c3csc(C[C@H](NC(=O)OC(C)(C)C)C(=O)OC)n3)ccc21. The number of alkyl carbamates (subject to hydrolysis) is 1. The molecule has 1 aliphatic carbocycles. The number of hydrogen-bond donors (Lipinski definition) is 2. The van der Waals surface area contributed by atoms with Gasteiger partial charge in [-0.05, 0) is 83.1 Å². The number of fused-ring (bicyclic) bond motifs is 1. The number of esters is 1. The number of benzene rings is 1. The Morgan fingerprint density at radius 1 is 1.07 bits per heavy atom. The number of methoxy groups -OCH3 is 2. The van der Waals surface area contributed by atoms with Gasteiger partial charge >= 0.3 is 12.1 Å². The van der Waals surface area contributed by atoms with Gasteiger partial charge in [-0.15, -0.1) is 11.3 Å². The van der Waals surface area contributed by atoms with Crippen LogP contribution in [0.5, 0.6) is 0 Å². The number of nitrogens with one attached hydrogen (secondary N) is 1. The van der Waals surface area contributed by atoms with Crippen LogP contribution in [0.25, 0.3) is 33.4 Å². The van der Waals surface area contributed by atoms with Crippen LogP contribution < -0.4 is 10.2 Å². The van der Waals surface area contributed by atoms with Gasteiger partial charge in [-0.1, -0.05) is 19.9 Å². The maximum absolute atomic E-state index is 12.7. The minimum Gasteiger partial charge on any atom is -0.467 e. The molecule has 4 aromatic rings. The number of nitrogens with zero attached hydrogens (tertiary/aromatic N) is 5. The number of aliphatic hydroxyl groups is 1. The minimum absolute atomic E-state index is 0.0317. The molecule has 4 heterocycles. The Morgan fingerprint density at radius 2 is 1.80 bits per heavy atom. The van der Waals surface area contributed by atoms with Crippen LogP contribution in [0.1, 0.15) is 83.7 Å². The number of aryl methyl sites for hydroxylation is 1. The van der Waals surface area contributed by atoms with Gasteiger partial charge in [-0.2, -0.15) is 0 Å². The highest BCUT2D eigenvalue weighted by molar-refractivity contribution is 7.10. The number of hydrogen-bond acceptors (Lipinski definition) is 11. The Hall–Kier alpha value is -4.04. The molecule has 1 aromatic carbocycles. The average molecular weight is 775 g/mol. The van der Waals surface area contributed by atoms with E-state index in [0.717, 1.165) is 89.1 Å². The van der Waals surface area contributed by atoms with Crippen molar-refractivity contribution in [1.29, 1.82) is 0 Å². The highest BCUT2D eigenvalue weighted by Crippen LogP contribution is 2.43. The van der Waals surface area contributed by atoms with Crippen molar-refractivity contribution in [2.24, 2.45) is 5.41 Å². The Labute approximate surface area is 329 Å². The van der Waals surface area contributed by atoms with Gasteiger partial charge in [0.25, 0.3) is 0 Å². The molecule has 1 saturated heterocycles. The number of pyridine rings is 1. The summed E-state index contributed by atoms with van der Waals surface area (Å²) < 4.78 is 18.7. The smallest absolute Gasteiger partial charge is 0.408 e. The maximum Gasteiger partial charge on any atom is 0.408 e. The number of piperazine rings is 1. The minimum atomic E-state index is -0.954. The Kier molecular flexibility index (Phi) is 12.3. The molecule has 13 heteroatoms. The lowest BCUT2D eigenvalue weighted by molar-refractivity contribution is -0.143. The van der Waals surface area contributed by atoms with E-state index in [4.69, 9.17) is 24.2 Å². The summed E-state index contributed by atoms with van der Waals surface area (Å²) >= 11 is 1.42. The van der Waals surface area contributed by atoms with Gasteiger partial charge in [-0.25, -0.2) is 14.6 Å². The van der Waals surface area contributed by atoms with Crippen molar-refractivity contribution in [1.82, 2.24) is 24.8 Å². The van der Waals surface area contributed by atoms with E-state index in [1.165, 1.54) is 31.3 Å². The third-order valence-corrected chi connectivity index (χ3v) is 11.5. The molecule has 0 unspecified atom stereocenters. The van der Waals surface area contributed by atoms with E-state index in [0.29, 0.717) is 11.4 Å². The summed E-state index contributed by atoms with van der Waals surface area (Å²) in [7, 11) is 3.02. The summed E-state index contributed by atoms with van der Waals surface area (Å²) in [6.45, 7) is 18.5. The summed E-state index contributed by atoms with van der Waals surface area (Å²) in [5, 5.41) is 16.9. The number of anilines is 1. The van der Waals surface area contributed by atoms with Gasteiger partial charge < -0.3 is 34.1 Å². The quantitative estimate of drug-likeness (QED) is 0.129. The van der Waals surface area contributed by atoms with Crippen molar-refractivity contribution in [3.63, 3.8) is 0 Å². The highest BCUT2D eigenvalue weighted by atomic mass is 32.1. The first kappa shape index (κ1) is 40.6. The number of carbonyl (C=O) groups is 2. The number of rotatable bonds is 14. The second-order valence-corrected chi connectivity index (χ2v) is 17.6. The maximum atomic E-state index is 12.7. The van der Waals surface area contributed by atoms with E-state index in [1.54, 1.807) is 27.9 Å². The zero-order chi connectivity index (χ0) is 39.7. The molecule has 6 rings (SSSR count). The van der Waals surface area contributed by atoms with E-state index in [-0.39, 0.29) is 19.1 Å². The number of amides is 1. The molecule has 3 aromatic heterocycles. The van der Waals surface area contributed by atoms with Crippen LogP contribution >= 0.6 is 11.3 Å². The van der Waals surface area contributed by atoms with Gasteiger partial charge in [0.15, 0.2) is 0 Å². The summed E-state index contributed by atoms with van der Waals surface area (Å²) in [5.74, 6) is -0.574. The fraction of sp³-hybridized carbons (Fsp3) is 0.571. The molecule has 0 radical (unpaired) electrons. The second kappa shape index (κ2) is 16.6. The number of ether oxygens (including phenoxy) is 3. The zero-order valence-electron chi connectivity index (χ0n) is 33.9. The molecule has 55 heavy (non-hydrogen) atoms. The van der Waals surface area contributed by atoms with Crippen molar-refractivity contribution >= 4 is 40.0 Å². The number of carbonyl (C=O) groups excluding carboxylic acids is 2. The van der Waals surface area contributed by atoms with Gasteiger partial charge in [0.1, 0.15) is 11.6 Å². The van der Waals surface area contributed by atoms with Crippen LogP contribution in [0, 0.1) is 5.41 Å². The summed E-state index contributed by atoms with van der Waals surface area (Å²) in [5.41, 5.74) is 6.95. The molecular weight excluding hydrogens is 717 g/mol. The summed E-state index contributed by atoms with van der Waals surface area (Å²) in [4.78, 5) is 40.3. The molecule has 1 amide bonds. The van der Waals surface area contributed by atoms with Gasteiger partial charge in [0.2, 0.25) is 0 Å². The van der Waals surface area contributed by atoms with Crippen LogP contribution in [0.4, 0.5) is 10.5 Å². The third kappa shape index (κ3) is 9.33. The predicted octanol–water partition coefficient (Wildman–Crippen LogP) is 7.01. The number of thiazole rings is 1. The molecule has 0 spiro atoms. The summed E-state index contributed by atoms with van der Waals surface area (Å²) in [6, 6.07) is 8.54. The van der Waals surface area contributed by atoms with Crippen molar-refractivity contribution in [3.8, 4) is 22.5 Å². The first-order valence-electron chi connectivity index (χ1n) is 19.5. The Bertz CT molecular complexity index is 1990. The number of aliphatic hydroxyl groups excluding tert-OH is 1. The van der Waals surface area contributed by atoms with E-state index in [2.05, 4.69) is 64.7 Å². The van der Waals surface area contributed by atoms with E-state index in [9.17, 15) is 14.7 Å². The van der Waals surface area contributed by atoms with Crippen LogP contribution in [0.3, 0.4) is 0 Å².